The Kier molecular flexibility index (Phi) is 48.0. The Balaban J connectivity index is 1.18. The summed E-state index contributed by atoms with van der Waals surface area (Å²) in [5.74, 6) is -8.69. The summed E-state index contributed by atoms with van der Waals surface area (Å²) in [5.41, 5.74) is 0. The van der Waals surface area contributed by atoms with Crippen molar-refractivity contribution in [2.75, 3.05) is 46.2 Å². The van der Waals surface area contributed by atoms with Crippen molar-refractivity contribution < 1.29 is 178 Å². The minimum atomic E-state index is -3.41. The number of carbonyl (C=O) groups excluding carboxylic acids is 4. The molecule has 0 bridgehead atoms. The van der Waals surface area contributed by atoms with E-state index in [0.29, 0.717) is 12.8 Å². The zero-order valence-corrected chi connectivity index (χ0v) is 70.5. The highest BCUT2D eigenvalue weighted by Gasteiger charge is 2.63. The smallest absolute Gasteiger partial charge is 0.364 e. The number of amides is 4. The third-order valence-corrected chi connectivity index (χ3v) is 23.1. The molecule has 6 aliphatic rings. The van der Waals surface area contributed by atoms with Gasteiger partial charge in [-0.1, -0.05) is 180 Å². The number of aliphatic hydroxyl groups excluding tert-OH is 18. The lowest BCUT2D eigenvalue weighted by molar-refractivity contribution is -0.400. The zero-order valence-electron chi connectivity index (χ0n) is 70.5. The van der Waals surface area contributed by atoms with Crippen LogP contribution in [0.3, 0.4) is 0 Å². The Labute approximate surface area is 707 Å². The predicted molar refractivity (Wildman–Crippen MR) is 423 cm³/mol. The van der Waals surface area contributed by atoms with Crippen molar-refractivity contribution in [3.63, 3.8) is 0 Å². The second kappa shape index (κ2) is 54.9. The van der Waals surface area contributed by atoms with Gasteiger partial charge in [-0.05, 0) is 19.3 Å². The fourth-order valence-corrected chi connectivity index (χ4v) is 16.2. The number of hydrogen-bond acceptors (Lipinski definition) is 35. The van der Waals surface area contributed by atoms with Crippen LogP contribution in [-0.2, 0) is 80.8 Å². The van der Waals surface area contributed by atoms with Gasteiger partial charge in [-0.15, -0.1) is 0 Å². The van der Waals surface area contributed by atoms with E-state index in [9.17, 15) is 121 Å². The number of hydrogen-bond donors (Lipinski definition) is 23. The molecule has 40 nitrogen and oxygen atoms in total. The Morgan fingerprint density at radius 3 is 1.31 bits per heavy atom. The summed E-state index contributed by atoms with van der Waals surface area (Å²) in [6.07, 6.45) is -25.3. The fraction of sp³-hybridized carbons (Fsp3) is 0.914. The SMILES string of the molecule is CCCCCCCCCCCCC/C=C/[C@@H](O)[C@H](CO[C@@H]1OC(CO)[C@@H](O[C@@H]2OC(CO)[C@H](O[C@@H]3OC(CO)[C@H](O)[C@H](O[C@@H]4OC(CO)[C@H](O[C@@H]5OC(CO)[C@H](O)[C@H](O)C5NC(C)=O)[C@H](O[C@]5(C(=O)O)CC(O)[C@@H](NC(C)=O)C([C@H](O)[C@H](O)CO)O5)C4O)C3NC(C)=O)[C@H](O)C2O)[C@H](O)C1O)NC(=O)CCCCCCCCCCCCCCCCC. The molecule has 704 valence electrons. The lowest BCUT2D eigenvalue weighted by Gasteiger charge is -2.53. The first-order valence-corrected chi connectivity index (χ1v) is 43.6. The third-order valence-electron chi connectivity index (χ3n) is 23.1. The van der Waals surface area contributed by atoms with Gasteiger partial charge in [-0.2, -0.15) is 0 Å². The van der Waals surface area contributed by atoms with E-state index in [1.54, 1.807) is 6.08 Å². The van der Waals surface area contributed by atoms with Crippen molar-refractivity contribution >= 4 is 29.6 Å². The first-order chi connectivity index (χ1) is 57.9. The molecule has 33 atom stereocenters. The van der Waals surface area contributed by atoms with Crippen LogP contribution in [0.15, 0.2) is 12.2 Å². The number of carbonyl (C=O) groups is 5. The van der Waals surface area contributed by atoms with Crippen molar-refractivity contribution in [3.05, 3.63) is 12.2 Å². The van der Waals surface area contributed by atoms with E-state index in [2.05, 4.69) is 35.1 Å². The molecule has 0 aromatic rings. The van der Waals surface area contributed by atoms with Crippen molar-refractivity contribution in [2.45, 2.75) is 423 Å². The van der Waals surface area contributed by atoms with Crippen LogP contribution in [0.5, 0.6) is 0 Å². The monoisotopic (exact) mass is 1750 g/mol. The summed E-state index contributed by atoms with van der Waals surface area (Å²) in [5, 5.41) is 224. The van der Waals surface area contributed by atoms with Gasteiger partial charge in [-0.3, -0.25) is 19.2 Å². The second-order valence-corrected chi connectivity index (χ2v) is 32.8. The average Bonchev–Trinajstić information content (AvgIpc) is 0.745. The molecule has 0 spiro atoms. The topological polar surface area (TPSA) is 629 Å². The largest absolute Gasteiger partial charge is 0.477 e. The molecule has 0 radical (unpaired) electrons. The molecule has 0 aromatic carbocycles. The van der Waals surface area contributed by atoms with Crippen molar-refractivity contribution in [2.24, 2.45) is 0 Å². The van der Waals surface area contributed by atoms with Crippen LogP contribution in [-0.4, -0.2) is 375 Å². The van der Waals surface area contributed by atoms with E-state index < -0.39 is 278 Å². The predicted octanol–water partition coefficient (Wildman–Crippen LogP) is -3.07. The number of ether oxygens (including phenoxy) is 12. The van der Waals surface area contributed by atoms with E-state index in [1.807, 2.05) is 6.08 Å². The zero-order chi connectivity index (χ0) is 89.0. The first kappa shape index (κ1) is 106. The van der Waals surface area contributed by atoms with Gasteiger partial charge in [0.1, 0.15) is 140 Å². The number of aliphatic carboxylic acids is 1. The van der Waals surface area contributed by atoms with Gasteiger partial charge >= 0.3 is 5.97 Å². The second-order valence-electron chi connectivity index (χ2n) is 32.8. The van der Waals surface area contributed by atoms with E-state index >= 15 is 0 Å². The Hall–Kier alpha value is -4.11. The lowest BCUT2D eigenvalue weighted by atomic mass is 9.88. The molecule has 0 aliphatic carbocycles. The summed E-state index contributed by atoms with van der Waals surface area (Å²) in [4.78, 5) is 65.7. The number of rotatable bonds is 56. The van der Waals surface area contributed by atoms with Crippen LogP contribution in [0.4, 0.5) is 0 Å². The van der Waals surface area contributed by atoms with Crippen LogP contribution in [0.1, 0.15) is 221 Å². The Morgan fingerprint density at radius 1 is 0.430 bits per heavy atom. The van der Waals surface area contributed by atoms with Crippen LogP contribution >= 0.6 is 0 Å². The van der Waals surface area contributed by atoms with Gasteiger partial charge in [0.25, 0.3) is 5.79 Å². The summed E-state index contributed by atoms with van der Waals surface area (Å²) in [6.45, 7) is 0.0656. The van der Waals surface area contributed by atoms with Gasteiger partial charge in [0.2, 0.25) is 23.6 Å². The number of carboxylic acid groups (broad SMARTS) is 1. The quantitative estimate of drug-likeness (QED) is 0.0212. The molecular weight excluding hydrogens is 1600 g/mol. The van der Waals surface area contributed by atoms with Crippen LogP contribution < -0.4 is 21.3 Å². The van der Waals surface area contributed by atoms with E-state index in [4.69, 9.17) is 56.8 Å². The molecule has 4 amide bonds. The highest BCUT2D eigenvalue weighted by Crippen LogP contribution is 2.42. The Bertz CT molecular complexity index is 2960. The summed E-state index contributed by atoms with van der Waals surface area (Å²) < 4.78 is 72.2. The molecule has 6 aliphatic heterocycles. The average molecular weight is 1750 g/mol. The molecule has 6 saturated heterocycles. The van der Waals surface area contributed by atoms with Gasteiger partial charge < -0.3 is 175 Å². The Morgan fingerprint density at radius 2 is 0.826 bits per heavy atom. The first-order valence-electron chi connectivity index (χ1n) is 43.6. The minimum absolute atomic E-state index is 0.156. The van der Waals surface area contributed by atoms with Crippen molar-refractivity contribution in [3.8, 4) is 0 Å². The van der Waals surface area contributed by atoms with Gasteiger partial charge in [-0.25, -0.2) is 4.79 Å². The van der Waals surface area contributed by atoms with Crippen LogP contribution in [0.25, 0.3) is 0 Å². The number of aliphatic hydroxyl groups is 18. The van der Waals surface area contributed by atoms with Gasteiger partial charge in [0.15, 0.2) is 31.5 Å². The van der Waals surface area contributed by atoms with E-state index in [0.717, 1.165) is 72.1 Å². The standard InChI is InChI=1S/C81H144N4O36/c1-6-8-10-12-14-16-18-20-21-23-25-27-29-31-33-35-56(98)85-47(48(95)34-32-30-28-26-24-22-19-17-15-13-11-9-7-2)43-110-77-66(105)64(103)70(53(40-89)113-77)117-78-67(106)65(104)69(54(41-90)114-78)116-76-59(84-46(5)94)72(62(101)52(39-88)112-76)119-79-68(107)74(71(55(42-91)115-79)118-75-58(83-45(4)93)63(102)61(100)51(38-87)111-75)121-81(80(108)109)36-49(96)57(82-44(3)92)73(120-81)60(99)50(97)37-86/h32,34,47-55,57-79,86-91,95-97,99-107H,6-31,33,35-43H2,1-5H3,(H,82,92)(H,83,93)(H,84,94)(H,85,98)(H,108,109)/b34-32+/t47-,48+,49?,50+,51?,52?,53?,54?,55?,57+,58?,59?,60+,61-,62-,63+,64+,65+,66?,67?,68?,69-,70+,71-,72+,73?,74+,75-,76-,77+,78-,79-,81-/m0/s1. The third kappa shape index (κ3) is 31.7. The molecule has 6 rings (SSSR count). The molecule has 6 heterocycles. The molecule has 40 heteroatoms. The summed E-state index contributed by atoms with van der Waals surface area (Å²) >= 11 is 0. The maximum Gasteiger partial charge on any atom is 0.364 e. The summed E-state index contributed by atoms with van der Waals surface area (Å²) in [7, 11) is 0. The lowest BCUT2D eigenvalue weighted by Crippen LogP contribution is -2.72. The van der Waals surface area contributed by atoms with E-state index in [1.165, 1.54) is 109 Å². The van der Waals surface area contributed by atoms with Crippen LogP contribution in [0, 0.1) is 0 Å². The van der Waals surface area contributed by atoms with E-state index in [-0.39, 0.29) is 12.3 Å². The normalized spacial score (nSPS) is 35.8. The number of carboxylic acids is 1. The molecule has 12 unspecified atom stereocenters. The number of unbranched alkanes of at least 4 members (excludes halogenated alkanes) is 25. The maximum atomic E-state index is 13.8. The summed E-state index contributed by atoms with van der Waals surface area (Å²) in [6, 6.07) is -6.69. The van der Waals surface area contributed by atoms with Crippen molar-refractivity contribution in [1.29, 1.82) is 0 Å². The van der Waals surface area contributed by atoms with Crippen LogP contribution in [0.2, 0.25) is 0 Å². The molecule has 0 aromatic heterocycles. The van der Waals surface area contributed by atoms with Gasteiger partial charge in [0.05, 0.1) is 70.5 Å². The fourth-order valence-electron chi connectivity index (χ4n) is 16.2. The molecule has 0 saturated carbocycles. The molecule has 23 N–H and O–H groups in total. The molecule has 6 fully saturated rings. The van der Waals surface area contributed by atoms with Crippen molar-refractivity contribution in [1.82, 2.24) is 21.3 Å². The highest BCUT2D eigenvalue weighted by molar-refractivity contribution is 5.77. The molecular formula is C81H144N4O36. The number of allylic oxidation sites excluding steroid dienone is 1. The highest BCUT2D eigenvalue weighted by atomic mass is 16.8. The minimum Gasteiger partial charge on any atom is -0.477 e. The van der Waals surface area contributed by atoms with Gasteiger partial charge in [0, 0.05) is 33.6 Å². The molecule has 121 heavy (non-hydrogen) atoms. The number of nitrogens with one attached hydrogen (secondary N) is 4. The maximum absolute atomic E-state index is 13.8.